The Morgan fingerprint density at radius 2 is 1.59 bits per heavy atom. The van der Waals surface area contributed by atoms with E-state index < -0.39 is 0 Å². The molecule has 29 heavy (non-hydrogen) atoms. The van der Waals surface area contributed by atoms with Gasteiger partial charge >= 0.3 is 0 Å². The first-order valence-electron chi connectivity index (χ1n) is 9.90. The molecule has 0 amide bonds. The molecule has 10 nitrogen and oxygen atoms in total. The van der Waals surface area contributed by atoms with Crippen LogP contribution in [0.25, 0.3) is 0 Å². The van der Waals surface area contributed by atoms with E-state index in [-0.39, 0.29) is 17.8 Å². The Kier molecular flexibility index (Phi) is 8.69. The number of hydrogen-bond acceptors (Lipinski definition) is 8. The molecule has 2 rings (SSSR count). The molecule has 10 heteroatoms. The predicted molar refractivity (Wildman–Crippen MR) is 106 cm³/mol. The lowest BCUT2D eigenvalue weighted by atomic mass is 10.0. The van der Waals surface area contributed by atoms with Crippen LogP contribution in [0, 0.1) is 0 Å². The molecule has 0 saturated carbocycles. The van der Waals surface area contributed by atoms with Gasteiger partial charge < -0.3 is 19.3 Å². The van der Waals surface area contributed by atoms with Gasteiger partial charge in [-0.25, -0.2) is 0 Å². The quantitative estimate of drug-likeness (QED) is 0.467. The van der Waals surface area contributed by atoms with Crippen molar-refractivity contribution >= 4 is 0 Å². The topological polar surface area (TPSA) is 109 Å². The Hall–Kier alpha value is -1.88. The average Bonchev–Trinajstić information content (AvgIpc) is 3.28. The normalized spacial score (nSPS) is 12.6. The number of nitrogens with zero attached hydrogens (tertiary/aromatic N) is 6. The first-order chi connectivity index (χ1) is 13.7. The molecule has 0 aromatic carbocycles. The molecule has 1 N–H and O–H groups in total. The molecule has 0 atom stereocenters. The van der Waals surface area contributed by atoms with Gasteiger partial charge in [-0.05, 0) is 40.5 Å². The fourth-order valence-corrected chi connectivity index (χ4v) is 2.64. The molecule has 0 bridgehead atoms. The Morgan fingerprint density at radius 1 is 0.897 bits per heavy atom. The van der Waals surface area contributed by atoms with E-state index in [4.69, 9.17) is 19.3 Å². The molecule has 0 fully saturated rings. The predicted octanol–water partition coefficient (Wildman–Crippen LogP) is 1.49. The molecule has 2 heterocycles. The molecular weight excluding hydrogens is 376 g/mol. The van der Waals surface area contributed by atoms with Crippen LogP contribution in [0.3, 0.4) is 0 Å². The minimum atomic E-state index is -0.298. The van der Waals surface area contributed by atoms with Crippen LogP contribution in [0.15, 0.2) is 12.4 Å². The molecule has 0 radical (unpaired) electrons. The summed E-state index contributed by atoms with van der Waals surface area (Å²) in [7, 11) is 1.83. The highest BCUT2D eigenvalue weighted by Gasteiger charge is 2.23. The number of rotatable bonds is 14. The monoisotopic (exact) mass is 410 g/mol. The van der Waals surface area contributed by atoms with E-state index in [0.717, 1.165) is 18.5 Å². The van der Waals surface area contributed by atoms with Gasteiger partial charge in [0.2, 0.25) is 0 Å². The van der Waals surface area contributed by atoms with Crippen LogP contribution in [0.5, 0.6) is 0 Å². The highest BCUT2D eigenvalue weighted by molar-refractivity contribution is 4.89. The number of ether oxygens (including phenoxy) is 3. The van der Waals surface area contributed by atoms with E-state index in [1.165, 1.54) is 0 Å². The third-order valence-corrected chi connectivity index (χ3v) is 4.51. The van der Waals surface area contributed by atoms with Crippen molar-refractivity contribution < 1.29 is 19.3 Å². The molecule has 2 aromatic rings. The molecule has 2 aromatic heterocycles. The van der Waals surface area contributed by atoms with Crippen LogP contribution in [0.1, 0.15) is 51.9 Å². The van der Waals surface area contributed by atoms with Crippen molar-refractivity contribution in [3.05, 3.63) is 23.8 Å². The lowest BCUT2D eigenvalue weighted by Crippen LogP contribution is -2.32. The number of aryl methyl sites for hydroxylation is 2. The van der Waals surface area contributed by atoms with Gasteiger partial charge in [-0.15, -0.1) is 10.2 Å². The van der Waals surface area contributed by atoms with Crippen molar-refractivity contribution in [2.45, 2.75) is 71.5 Å². The summed E-state index contributed by atoms with van der Waals surface area (Å²) in [6, 6.07) is 0. The zero-order chi connectivity index (χ0) is 21.3. The number of aliphatic hydroxyl groups is 1. The van der Waals surface area contributed by atoms with Crippen LogP contribution in [0.4, 0.5) is 0 Å². The van der Waals surface area contributed by atoms with Crippen molar-refractivity contribution in [2.75, 3.05) is 19.8 Å². The molecule has 0 aliphatic rings. The van der Waals surface area contributed by atoms with E-state index in [0.29, 0.717) is 38.7 Å². The van der Waals surface area contributed by atoms with Crippen LogP contribution < -0.4 is 0 Å². The van der Waals surface area contributed by atoms with Crippen molar-refractivity contribution in [2.24, 2.45) is 7.05 Å². The lowest BCUT2D eigenvalue weighted by molar-refractivity contribution is -0.0866. The van der Waals surface area contributed by atoms with Crippen LogP contribution in [0.2, 0.25) is 0 Å². The maximum atomic E-state index is 9.05. The van der Waals surface area contributed by atoms with E-state index >= 15 is 0 Å². The highest BCUT2D eigenvalue weighted by atomic mass is 16.5. The zero-order valence-electron chi connectivity index (χ0n) is 18.2. The number of hydrogen-bond donors (Lipinski definition) is 1. The summed E-state index contributed by atoms with van der Waals surface area (Å²) in [6.45, 7) is 10.9. The van der Waals surface area contributed by atoms with Crippen molar-refractivity contribution in [1.29, 1.82) is 0 Å². The molecular formula is C19H34N6O4. The molecule has 0 unspecified atom stereocenters. The Morgan fingerprint density at radius 3 is 2.24 bits per heavy atom. The zero-order valence-corrected chi connectivity index (χ0v) is 18.2. The number of aliphatic hydroxyl groups excluding tert-OH is 1. The second-order valence-electron chi connectivity index (χ2n) is 8.28. The first kappa shape index (κ1) is 23.4. The Bertz CT molecular complexity index is 728. The molecule has 164 valence electrons. The van der Waals surface area contributed by atoms with Crippen molar-refractivity contribution in [3.63, 3.8) is 0 Å². The van der Waals surface area contributed by atoms with Crippen molar-refractivity contribution in [3.8, 4) is 0 Å². The third kappa shape index (κ3) is 8.99. The summed E-state index contributed by atoms with van der Waals surface area (Å²) in [6.07, 6.45) is 5.15. The molecule has 0 aliphatic carbocycles. The summed E-state index contributed by atoms with van der Waals surface area (Å²) in [5.74, 6) is 0. The lowest BCUT2D eigenvalue weighted by Gasteiger charge is -2.29. The van der Waals surface area contributed by atoms with Gasteiger partial charge in [0.15, 0.2) is 0 Å². The van der Waals surface area contributed by atoms with E-state index in [9.17, 15) is 0 Å². The van der Waals surface area contributed by atoms with Gasteiger partial charge in [0.05, 0.1) is 56.6 Å². The Labute approximate surface area is 172 Å². The average molecular weight is 411 g/mol. The van der Waals surface area contributed by atoms with Gasteiger partial charge in [0.1, 0.15) is 11.4 Å². The van der Waals surface area contributed by atoms with Gasteiger partial charge in [-0.1, -0.05) is 10.4 Å². The minimum Gasteiger partial charge on any atom is -0.390 e. The minimum absolute atomic E-state index is 0.0969. The van der Waals surface area contributed by atoms with Gasteiger partial charge in [-0.3, -0.25) is 9.36 Å². The third-order valence-electron chi connectivity index (χ3n) is 4.51. The van der Waals surface area contributed by atoms with Gasteiger partial charge in [0, 0.05) is 13.6 Å². The number of aromatic nitrogens is 6. The van der Waals surface area contributed by atoms with E-state index in [1.54, 1.807) is 15.6 Å². The van der Waals surface area contributed by atoms with Crippen LogP contribution in [-0.2, 0) is 41.0 Å². The van der Waals surface area contributed by atoms with Gasteiger partial charge in [0.25, 0.3) is 0 Å². The van der Waals surface area contributed by atoms with Crippen LogP contribution >= 0.6 is 0 Å². The van der Waals surface area contributed by atoms with E-state index in [1.807, 2.05) is 13.2 Å². The summed E-state index contributed by atoms with van der Waals surface area (Å²) in [5.41, 5.74) is 0.791. The maximum Gasteiger partial charge on any atom is 0.108 e. The molecule has 0 saturated heterocycles. The SMILES string of the molecule is Cn1cc(COCCOC(C)(C)CCOC(C)(C)CCn2cc(CO)nn2)nn1. The molecule has 0 spiro atoms. The van der Waals surface area contributed by atoms with Crippen molar-refractivity contribution in [1.82, 2.24) is 30.0 Å². The second kappa shape index (κ2) is 10.8. The fourth-order valence-electron chi connectivity index (χ4n) is 2.64. The Balaban J connectivity index is 1.58. The second-order valence-corrected chi connectivity index (χ2v) is 8.28. The summed E-state index contributed by atoms with van der Waals surface area (Å²) >= 11 is 0. The molecule has 0 aliphatic heterocycles. The van der Waals surface area contributed by atoms with E-state index in [2.05, 4.69) is 48.3 Å². The first-order valence-corrected chi connectivity index (χ1v) is 9.90. The van der Waals surface area contributed by atoms with Gasteiger partial charge in [-0.2, -0.15) is 0 Å². The fraction of sp³-hybridized carbons (Fsp3) is 0.789. The highest BCUT2D eigenvalue weighted by Crippen LogP contribution is 2.20. The summed E-state index contributed by atoms with van der Waals surface area (Å²) in [5, 5.41) is 24.8. The van der Waals surface area contributed by atoms with Crippen LogP contribution in [-0.4, -0.2) is 66.1 Å². The standard InChI is InChI=1S/C19H34N6O4/c1-18(2,6-8-25-13-16(14-26)20-23-25)28-9-7-19(3,4)29-11-10-27-15-17-12-24(5)22-21-17/h12-13,26H,6-11,14-15H2,1-5H3. The summed E-state index contributed by atoms with van der Waals surface area (Å²) in [4.78, 5) is 0. The largest absolute Gasteiger partial charge is 0.390 e. The maximum absolute atomic E-state index is 9.05. The summed E-state index contributed by atoms with van der Waals surface area (Å²) < 4.78 is 21.0. The smallest absolute Gasteiger partial charge is 0.108 e.